The largest absolute Gasteiger partial charge is 0.478 e. The van der Waals surface area contributed by atoms with Crippen LogP contribution < -0.4 is 0 Å². The van der Waals surface area contributed by atoms with Crippen LogP contribution in [0.15, 0.2) is 41.8 Å². The molecule has 21 heavy (non-hydrogen) atoms. The van der Waals surface area contributed by atoms with E-state index in [1.807, 2.05) is 42.8 Å². The Balaban J connectivity index is 1.95. The van der Waals surface area contributed by atoms with Crippen LogP contribution in [0, 0.1) is 0 Å². The van der Waals surface area contributed by atoms with Crippen molar-refractivity contribution in [3.63, 3.8) is 0 Å². The lowest BCUT2D eigenvalue weighted by molar-refractivity contribution is -0.131. The van der Waals surface area contributed by atoms with E-state index in [0.717, 1.165) is 35.3 Å². The van der Waals surface area contributed by atoms with Crippen molar-refractivity contribution in [2.75, 3.05) is 7.05 Å². The lowest BCUT2D eigenvalue weighted by atomic mass is 10.2. The second kappa shape index (κ2) is 7.41. The standard InChI is InChI=1S/C16H16ClNO2S/c1-18(9-13-4-2-3-5-15(13)17)10-14-8-12(11-21-14)6-7-16(19)20/h2-8,11H,9-10H2,1H3,(H,19,20). The molecule has 0 atom stereocenters. The molecule has 0 saturated heterocycles. The van der Waals surface area contributed by atoms with Gasteiger partial charge in [-0.25, -0.2) is 4.79 Å². The van der Waals surface area contributed by atoms with Gasteiger partial charge in [-0.3, -0.25) is 4.90 Å². The Morgan fingerprint density at radius 3 is 2.86 bits per heavy atom. The number of rotatable bonds is 6. The average Bonchev–Trinajstić information content (AvgIpc) is 2.86. The molecule has 0 aliphatic rings. The molecule has 110 valence electrons. The van der Waals surface area contributed by atoms with Gasteiger partial charge in [0.25, 0.3) is 0 Å². The molecular formula is C16H16ClNO2S. The number of carbonyl (C=O) groups is 1. The van der Waals surface area contributed by atoms with Gasteiger partial charge in [0.15, 0.2) is 0 Å². The van der Waals surface area contributed by atoms with Gasteiger partial charge in [0.05, 0.1) is 0 Å². The SMILES string of the molecule is CN(Cc1cc(C=CC(=O)O)cs1)Cc1ccccc1Cl. The summed E-state index contributed by atoms with van der Waals surface area (Å²) in [4.78, 5) is 13.9. The van der Waals surface area contributed by atoms with Crippen LogP contribution in [0.5, 0.6) is 0 Å². The topological polar surface area (TPSA) is 40.5 Å². The minimum Gasteiger partial charge on any atom is -0.478 e. The Labute approximate surface area is 133 Å². The third-order valence-electron chi connectivity index (χ3n) is 2.92. The molecule has 0 saturated carbocycles. The zero-order chi connectivity index (χ0) is 15.2. The summed E-state index contributed by atoms with van der Waals surface area (Å²) < 4.78 is 0. The molecule has 0 radical (unpaired) electrons. The maximum atomic E-state index is 10.5. The van der Waals surface area contributed by atoms with Crippen molar-refractivity contribution in [3.8, 4) is 0 Å². The van der Waals surface area contributed by atoms with Gasteiger partial charge < -0.3 is 5.11 Å². The molecule has 5 heteroatoms. The average molecular weight is 322 g/mol. The summed E-state index contributed by atoms with van der Waals surface area (Å²) in [5, 5.41) is 11.3. The van der Waals surface area contributed by atoms with E-state index < -0.39 is 5.97 Å². The van der Waals surface area contributed by atoms with Crippen molar-refractivity contribution in [3.05, 3.63) is 62.8 Å². The van der Waals surface area contributed by atoms with Crippen LogP contribution in [0.4, 0.5) is 0 Å². The predicted octanol–water partition coefficient (Wildman–Crippen LogP) is 4.13. The van der Waals surface area contributed by atoms with E-state index in [4.69, 9.17) is 16.7 Å². The van der Waals surface area contributed by atoms with Crippen LogP contribution in [0.25, 0.3) is 6.08 Å². The van der Waals surface area contributed by atoms with E-state index >= 15 is 0 Å². The molecule has 1 aromatic carbocycles. The first-order chi connectivity index (χ1) is 10.0. The number of nitrogens with zero attached hydrogens (tertiary/aromatic N) is 1. The minimum atomic E-state index is -0.932. The van der Waals surface area contributed by atoms with Crippen molar-refractivity contribution >= 4 is 35.0 Å². The van der Waals surface area contributed by atoms with Gasteiger partial charge in [-0.1, -0.05) is 29.8 Å². The first-order valence-corrected chi connectivity index (χ1v) is 7.70. The Morgan fingerprint density at radius 2 is 2.14 bits per heavy atom. The number of carboxylic acid groups (broad SMARTS) is 1. The van der Waals surface area contributed by atoms with E-state index in [2.05, 4.69) is 4.90 Å². The highest BCUT2D eigenvalue weighted by molar-refractivity contribution is 7.10. The maximum absolute atomic E-state index is 10.5. The van der Waals surface area contributed by atoms with Crippen LogP contribution in [0.1, 0.15) is 16.0 Å². The zero-order valence-electron chi connectivity index (χ0n) is 11.6. The fourth-order valence-electron chi connectivity index (χ4n) is 1.97. The summed E-state index contributed by atoms with van der Waals surface area (Å²) in [5.74, 6) is -0.932. The lowest BCUT2D eigenvalue weighted by Gasteiger charge is -2.16. The predicted molar refractivity (Wildman–Crippen MR) is 87.6 cm³/mol. The van der Waals surface area contributed by atoms with Crippen molar-refractivity contribution in [1.82, 2.24) is 4.90 Å². The Morgan fingerprint density at radius 1 is 1.38 bits per heavy atom. The summed E-state index contributed by atoms with van der Waals surface area (Å²) in [6, 6.07) is 9.83. The van der Waals surface area contributed by atoms with E-state index in [-0.39, 0.29) is 0 Å². The fraction of sp³-hybridized carbons (Fsp3) is 0.188. The molecule has 3 nitrogen and oxygen atoms in total. The molecular weight excluding hydrogens is 306 g/mol. The maximum Gasteiger partial charge on any atom is 0.328 e. The molecule has 2 rings (SSSR count). The minimum absolute atomic E-state index is 0.776. The molecule has 0 aliphatic heterocycles. The summed E-state index contributed by atoms with van der Waals surface area (Å²) in [6.45, 7) is 1.58. The van der Waals surface area contributed by atoms with Gasteiger partial charge in [0.1, 0.15) is 0 Å². The number of halogens is 1. The molecule has 0 spiro atoms. The second-order valence-corrected chi connectivity index (χ2v) is 6.18. The van der Waals surface area contributed by atoms with E-state index in [1.54, 1.807) is 17.4 Å². The van der Waals surface area contributed by atoms with E-state index in [0.29, 0.717) is 0 Å². The molecule has 1 aromatic heterocycles. The van der Waals surface area contributed by atoms with Crippen molar-refractivity contribution in [2.45, 2.75) is 13.1 Å². The summed E-state index contributed by atoms with van der Waals surface area (Å²) in [7, 11) is 2.04. The summed E-state index contributed by atoms with van der Waals surface area (Å²) >= 11 is 7.78. The Hall–Kier alpha value is -1.62. The fourth-order valence-corrected chi connectivity index (χ4v) is 3.10. The molecule has 0 bridgehead atoms. The number of hydrogen-bond acceptors (Lipinski definition) is 3. The number of thiophene rings is 1. The van der Waals surface area contributed by atoms with Gasteiger partial charge >= 0.3 is 5.97 Å². The first-order valence-electron chi connectivity index (χ1n) is 6.45. The smallest absolute Gasteiger partial charge is 0.328 e. The molecule has 0 aliphatic carbocycles. The summed E-state index contributed by atoms with van der Waals surface area (Å²) in [5.41, 5.74) is 2.02. The van der Waals surface area contributed by atoms with Crippen LogP contribution in [-0.4, -0.2) is 23.0 Å². The molecule has 1 N–H and O–H groups in total. The van der Waals surface area contributed by atoms with Gasteiger partial charge in [0.2, 0.25) is 0 Å². The molecule has 1 heterocycles. The third-order valence-corrected chi connectivity index (χ3v) is 4.22. The first kappa shape index (κ1) is 15.8. The normalized spacial score (nSPS) is 11.4. The van der Waals surface area contributed by atoms with Crippen molar-refractivity contribution in [2.24, 2.45) is 0 Å². The highest BCUT2D eigenvalue weighted by atomic mass is 35.5. The monoisotopic (exact) mass is 321 g/mol. The van der Waals surface area contributed by atoms with Gasteiger partial charge in [-0.05, 0) is 41.8 Å². The van der Waals surface area contributed by atoms with Gasteiger partial charge in [0, 0.05) is 29.1 Å². The zero-order valence-corrected chi connectivity index (χ0v) is 13.2. The molecule has 0 unspecified atom stereocenters. The third kappa shape index (κ3) is 5.01. The number of carboxylic acids is 1. The number of aliphatic carboxylic acids is 1. The van der Waals surface area contributed by atoms with Crippen molar-refractivity contribution < 1.29 is 9.90 Å². The van der Waals surface area contributed by atoms with E-state index in [9.17, 15) is 4.79 Å². The van der Waals surface area contributed by atoms with Crippen molar-refractivity contribution in [1.29, 1.82) is 0 Å². The van der Waals surface area contributed by atoms with Gasteiger partial charge in [-0.15, -0.1) is 11.3 Å². The van der Waals surface area contributed by atoms with Crippen LogP contribution >= 0.6 is 22.9 Å². The number of hydrogen-bond donors (Lipinski definition) is 1. The Kier molecular flexibility index (Phi) is 5.56. The lowest BCUT2D eigenvalue weighted by Crippen LogP contribution is -2.16. The highest BCUT2D eigenvalue weighted by Crippen LogP contribution is 2.20. The molecule has 0 fully saturated rings. The second-order valence-electron chi connectivity index (χ2n) is 4.78. The Bertz CT molecular complexity index is 651. The van der Waals surface area contributed by atoms with Crippen LogP contribution in [0.2, 0.25) is 5.02 Å². The van der Waals surface area contributed by atoms with Gasteiger partial charge in [-0.2, -0.15) is 0 Å². The van der Waals surface area contributed by atoms with E-state index in [1.165, 1.54) is 4.88 Å². The molecule has 0 amide bonds. The number of benzene rings is 1. The molecule has 2 aromatic rings. The van der Waals surface area contributed by atoms with Crippen LogP contribution in [-0.2, 0) is 17.9 Å². The summed E-state index contributed by atoms with van der Waals surface area (Å²) in [6.07, 6.45) is 2.76. The highest BCUT2D eigenvalue weighted by Gasteiger charge is 2.06. The quantitative estimate of drug-likeness (QED) is 0.813. The van der Waals surface area contributed by atoms with Crippen LogP contribution in [0.3, 0.4) is 0 Å².